The third kappa shape index (κ3) is 3.74. The zero-order valence-electron chi connectivity index (χ0n) is 15.5. The molecule has 27 heavy (non-hydrogen) atoms. The molecule has 0 spiro atoms. The van der Waals surface area contributed by atoms with Gasteiger partial charge < -0.3 is 15.0 Å². The monoisotopic (exact) mass is 364 g/mol. The minimum atomic E-state index is -0.544. The maximum atomic E-state index is 11.9. The standard InChI is InChI=1S/C21H24N4O2/c1-13(2)21(27)24-19-17-9-10-25(20(17)23-12-22-19)16-7-6-15(11-16)18(26)8-5-14-3-4-14/h9-10,12,14-16,18,26H,1,3-4,6-7,11H2,2H3,(H,22,23,24,27). The van der Waals surface area contributed by atoms with E-state index in [1.54, 1.807) is 6.92 Å². The normalized spacial score (nSPS) is 22.9. The van der Waals surface area contributed by atoms with E-state index in [1.165, 1.54) is 19.2 Å². The molecule has 0 saturated heterocycles. The van der Waals surface area contributed by atoms with Crippen LogP contribution in [0.1, 0.15) is 45.1 Å². The van der Waals surface area contributed by atoms with Crippen molar-refractivity contribution in [3.05, 3.63) is 30.7 Å². The highest BCUT2D eigenvalue weighted by atomic mass is 16.3. The predicted molar refractivity (Wildman–Crippen MR) is 104 cm³/mol. The molecule has 0 aromatic carbocycles. The molecule has 2 fully saturated rings. The lowest BCUT2D eigenvalue weighted by Gasteiger charge is -2.15. The third-order valence-corrected chi connectivity index (χ3v) is 5.43. The summed E-state index contributed by atoms with van der Waals surface area (Å²) in [5.74, 6) is 7.17. The van der Waals surface area contributed by atoms with E-state index in [-0.39, 0.29) is 17.9 Å². The summed E-state index contributed by atoms with van der Waals surface area (Å²) in [5.41, 5.74) is 1.23. The van der Waals surface area contributed by atoms with Crippen molar-refractivity contribution in [1.82, 2.24) is 14.5 Å². The first-order chi connectivity index (χ1) is 13.0. The fraction of sp³-hybridized carbons (Fsp3) is 0.476. The molecule has 140 valence electrons. The van der Waals surface area contributed by atoms with E-state index in [4.69, 9.17) is 0 Å². The Labute approximate surface area is 158 Å². The van der Waals surface area contributed by atoms with Gasteiger partial charge in [0.2, 0.25) is 0 Å². The summed E-state index contributed by atoms with van der Waals surface area (Å²) in [6, 6.07) is 2.20. The molecule has 2 N–H and O–H groups in total. The molecule has 3 atom stereocenters. The van der Waals surface area contributed by atoms with Crippen molar-refractivity contribution in [2.75, 3.05) is 5.32 Å². The Hall–Kier alpha value is -2.65. The number of nitrogens with zero attached hydrogens (tertiary/aromatic N) is 3. The first-order valence-corrected chi connectivity index (χ1v) is 9.50. The maximum absolute atomic E-state index is 11.9. The van der Waals surface area contributed by atoms with E-state index in [9.17, 15) is 9.90 Å². The van der Waals surface area contributed by atoms with Crippen molar-refractivity contribution in [2.45, 2.75) is 51.2 Å². The number of hydrogen-bond acceptors (Lipinski definition) is 4. The van der Waals surface area contributed by atoms with Crippen LogP contribution in [0.2, 0.25) is 0 Å². The second-order valence-electron chi connectivity index (χ2n) is 7.65. The van der Waals surface area contributed by atoms with Gasteiger partial charge in [-0.3, -0.25) is 4.79 Å². The number of carbonyl (C=O) groups is 1. The van der Waals surface area contributed by atoms with E-state index < -0.39 is 6.10 Å². The van der Waals surface area contributed by atoms with Gasteiger partial charge in [-0.1, -0.05) is 18.4 Å². The molecule has 0 radical (unpaired) electrons. The lowest BCUT2D eigenvalue weighted by Crippen LogP contribution is -2.16. The van der Waals surface area contributed by atoms with Crippen LogP contribution in [-0.4, -0.2) is 31.7 Å². The molecule has 0 bridgehead atoms. The average Bonchev–Trinajstić information content (AvgIpc) is 3.16. The van der Waals surface area contributed by atoms with Gasteiger partial charge in [-0.25, -0.2) is 9.97 Å². The molecule has 2 aromatic rings. The Bertz CT molecular complexity index is 948. The summed E-state index contributed by atoms with van der Waals surface area (Å²) in [6.07, 6.45) is 8.07. The molecule has 2 aromatic heterocycles. The van der Waals surface area contributed by atoms with Crippen LogP contribution in [0.4, 0.5) is 5.82 Å². The van der Waals surface area contributed by atoms with Crippen LogP contribution in [0.3, 0.4) is 0 Å². The highest BCUT2D eigenvalue weighted by Crippen LogP contribution is 2.38. The number of amides is 1. The highest BCUT2D eigenvalue weighted by Gasteiger charge is 2.31. The smallest absolute Gasteiger partial charge is 0.251 e. The van der Waals surface area contributed by atoms with Gasteiger partial charge in [-0.15, -0.1) is 0 Å². The molecule has 1 amide bonds. The van der Waals surface area contributed by atoms with Crippen molar-refractivity contribution >= 4 is 22.8 Å². The Morgan fingerprint density at radius 2 is 2.19 bits per heavy atom. The van der Waals surface area contributed by atoms with Gasteiger partial charge >= 0.3 is 0 Å². The van der Waals surface area contributed by atoms with Gasteiger partial charge in [0.05, 0.1) is 5.39 Å². The van der Waals surface area contributed by atoms with Gasteiger partial charge in [0, 0.05) is 23.7 Å². The van der Waals surface area contributed by atoms with Gasteiger partial charge in [-0.2, -0.15) is 0 Å². The molecule has 2 saturated carbocycles. The summed E-state index contributed by atoms with van der Waals surface area (Å²) in [4.78, 5) is 20.6. The first kappa shape index (κ1) is 17.7. The Morgan fingerprint density at radius 1 is 1.37 bits per heavy atom. The Morgan fingerprint density at radius 3 is 2.93 bits per heavy atom. The number of aromatic nitrogens is 3. The van der Waals surface area contributed by atoms with Crippen LogP contribution in [0.25, 0.3) is 11.0 Å². The van der Waals surface area contributed by atoms with Crippen LogP contribution in [0, 0.1) is 23.7 Å². The molecule has 2 aliphatic carbocycles. The van der Waals surface area contributed by atoms with Crippen molar-refractivity contribution in [3.63, 3.8) is 0 Å². The molecule has 3 unspecified atom stereocenters. The molecular weight excluding hydrogens is 340 g/mol. The number of carbonyl (C=O) groups excluding carboxylic acids is 1. The SMILES string of the molecule is C=C(C)C(=O)Nc1ncnc2c1ccn2C1CCC(C(O)C#CC2CC2)C1. The topological polar surface area (TPSA) is 80.0 Å². The molecule has 0 aliphatic heterocycles. The molecule has 2 aliphatic rings. The number of nitrogens with one attached hydrogen (secondary N) is 1. The molecule has 6 nitrogen and oxygen atoms in total. The summed E-state index contributed by atoms with van der Waals surface area (Å²) in [6.45, 7) is 5.32. The number of aliphatic hydroxyl groups excluding tert-OH is 1. The number of rotatable bonds is 4. The molecular formula is C21H24N4O2. The molecule has 6 heteroatoms. The van der Waals surface area contributed by atoms with E-state index in [0.29, 0.717) is 17.3 Å². The largest absolute Gasteiger partial charge is 0.380 e. The van der Waals surface area contributed by atoms with Crippen LogP contribution in [0.5, 0.6) is 0 Å². The van der Waals surface area contributed by atoms with Crippen molar-refractivity contribution < 1.29 is 9.90 Å². The van der Waals surface area contributed by atoms with Gasteiger partial charge in [0.1, 0.15) is 23.9 Å². The Kier molecular flexibility index (Phi) is 4.71. The van der Waals surface area contributed by atoms with Crippen LogP contribution in [-0.2, 0) is 4.79 Å². The van der Waals surface area contributed by atoms with Crippen LogP contribution in [0.15, 0.2) is 30.7 Å². The number of aliphatic hydroxyl groups is 1. The Balaban J connectivity index is 1.52. The van der Waals surface area contributed by atoms with Crippen molar-refractivity contribution in [2.24, 2.45) is 11.8 Å². The number of fused-ring (bicyclic) bond motifs is 1. The van der Waals surface area contributed by atoms with E-state index in [0.717, 1.165) is 30.3 Å². The summed E-state index contributed by atoms with van der Waals surface area (Å²) >= 11 is 0. The summed E-state index contributed by atoms with van der Waals surface area (Å²) in [7, 11) is 0. The van der Waals surface area contributed by atoms with Crippen molar-refractivity contribution in [1.29, 1.82) is 0 Å². The lowest BCUT2D eigenvalue weighted by atomic mass is 10.0. The summed E-state index contributed by atoms with van der Waals surface area (Å²) < 4.78 is 2.13. The fourth-order valence-corrected chi connectivity index (χ4v) is 3.66. The van der Waals surface area contributed by atoms with Crippen molar-refractivity contribution in [3.8, 4) is 11.8 Å². The van der Waals surface area contributed by atoms with Gasteiger partial charge in [0.15, 0.2) is 0 Å². The second-order valence-corrected chi connectivity index (χ2v) is 7.65. The quantitative estimate of drug-likeness (QED) is 0.645. The third-order valence-electron chi connectivity index (χ3n) is 5.43. The van der Waals surface area contributed by atoms with Gasteiger partial charge in [-0.05, 0) is 51.0 Å². The van der Waals surface area contributed by atoms with Crippen LogP contribution >= 0.6 is 0 Å². The highest BCUT2D eigenvalue weighted by molar-refractivity contribution is 6.06. The first-order valence-electron chi connectivity index (χ1n) is 9.50. The van der Waals surface area contributed by atoms with Gasteiger partial charge in [0.25, 0.3) is 5.91 Å². The average molecular weight is 364 g/mol. The molecule has 4 rings (SSSR count). The van der Waals surface area contributed by atoms with Crippen LogP contribution < -0.4 is 5.32 Å². The minimum absolute atomic E-state index is 0.197. The van der Waals surface area contributed by atoms with E-state index >= 15 is 0 Å². The second kappa shape index (κ2) is 7.16. The molecule has 2 heterocycles. The minimum Gasteiger partial charge on any atom is -0.380 e. The van der Waals surface area contributed by atoms with E-state index in [2.05, 4.69) is 38.3 Å². The summed E-state index contributed by atoms with van der Waals surface area (Å²) in [5, 5.41) is 14.0. The number of hydrogen-bond donors (Lipinski definition) is 2. The zero-order valence-corrected chi connectivity index (χ0v) is 15.5. The zero-order chi connectivity index (χ0) is 19.0. The van der Waals surface area contributed by atoms with E-state index in [1.807, 2.05) is 12.3 Å². The maximum Gasteiger partial charge on any atom is 0.251 e. The number of anilines is 1. The lowest BCUT2D eigenvalue weighted by molar-refractivity contribution is -0.112. The predicted octanol–water partition coefficient (Wildman–Crippen LogP) is 3.06. The fourth-order valence-electron chi connectivity index (χ4n) is 3.66.